The second-order valence-corrected chi connectivity index (χ2v) is 6.41. The summed E-state index contributed by atoms with van der Waals surface area (Å²) in [6.07, 6.45) is 2.20. The number of rotatable bonds is 8. The zero-order valence-electron chi connectivity index (χ0n) is 14.5. The minimum absolute atomic E-state index is 0.201. The van der Waals surface area contributed by atoms with Crippen molar-refractivity contribution in [3.63, 3.8) is 0 Å². The highest BCUT2D eigenvalue weighted by atomic mass is 16.5. The van der Waals surface area contributed by atoms with Crippen LogP contribution in [0.4, 0.5) is 0 Å². The zero-order chi connectivity index (χ0) is 16.5. The lowest BCUT2D eigenvalue weighted by Gasteiger charge is -2.29. The van der Waals surface area contributed by atoms with Crippen LogP contribution >= 0.6 is 0 Å². The summed E-state index contributed by atoms with van der Waals surface area (Å²) in [5.74, 6) is 1.11. The second-order valence-electron chi connectivity index (χ2n) is 6.41. The molecule has 1 heterocycles. The van der Waals surface area contributed by atoms with Gasteiger partial charge in [-0.15, -0.1) is 0 Å². The summed E-state index contributed by atoms with van der Waals surface area (Å²) >= 11 is 0. The van der Waals surface area contributed by atoms with Crippen LogP contribution in [0.3, 0.4) is 0 Å². The average Bonchev–Trinajstić information content (AvgIpc) is 2.57. The average molecular weight is 321 g/mol. The third kappa shape index (κ3) is 6.20. The molecule has 0 atom stereocenters. The summed E-state index contributed by atoms with van der Waals surface area (Å²) in [6, 6.07) is 8.34. The number of piperazine rings is 1. The van der Waals surface area contributed by atoms with E-state index in [4.69, 9.17) is 4.74 Å². The van der Waals surface area contributed by atoms with E-state index in [0.717, 1.165) is 57.9 Å². The zero-order valence-corrected chi connectivity index (χ0v) is 14.5. The summed E-state index contributed by atoms with van der Waals surface area (Å²) in [5.41, 5.74) is 1.35. The van der Waals surface area contributed by atoms with Gasteiger partial charge in [0.2, 0.25) is 0 Å². The normalized spacial score (nSPS) is 21.0. The van der Waals surface area contributed by atoms with Crippen molar-refractivity contribution < 1.29 is 19.3 Å². The predicted octanol–water partition coefficient (Wildman–Crippen LogP) is -1.11. The van der Waals surface area contributed by atoms with Gasteiger partial charge < -0.3 is 19.9 Å². The Bertz CT molecular complexity index is 468. The highest BCUT2D eigenvalue weighted by Gasteiger charge is 2.24. The van der Waals surface area contributed by atoms with Crippen molar-refractivity contribution in [2.24, 2.45) is 0 Å². The Labute approximate surface area is 139 Å². The summed E-state index contributed by atoms with van der Waals surface area (Å²) in [5, 5.41) is 3.01. The van der Waals surface area contributed by atoms with Crippen LogP contribution in [0, 0.1) is 0 Å². The van der Waals surface area contributed by atoms with Gasteiger partial charge in [-0.3, -0.25) is 4.79 Å². The number of carbonyl (C=O) groups is 1. The molecule has 1 aromatic carbocycles. The van der Waals surface area contributed by atoms with Gasteiger partial charge in [0.1, 0.15) is 38.5 Å². The first-order valence-electron chi connectivity index (χ1n) is 8.78. The molecule has 0 aromatic heterocycles. The molecule has 23 heavy (non-hydrogen) atoms. The minimum atomic E-state index is 0.201. The maximum absolute atomic E-state index is 11.9. The first-order valence-corrected chi connectivity index (χ1v) is 8.78. The van der Waals surface area contributed by atoms with E-state index in [2.05, 4.69) is 24.4 Å². The quantitative estimate of drug-likeness (QED) is 0.532. The van der Waals surface area contributed by atoms with Crippen molar-refractivity contribution in [1.29, 1.82) is 0 Å². The van der Waals surface area contributed by atoms with Gasteiger partial charge in [-0.25, -0.2) is 0 Å². The van der Waals surface area contributed by atoms with E-state index in [1.165, 1.54) is 10.5 Å². The molecule has 1 aliphatic rings. The van der Waals surface area contributed by atoms with Crippen LogP contribution in [0.2, 0.25) is 0 Å². The van der Waals surface area contributed by atoms with Gasteiger partial charge in [0, 0.05) is 12.1 Å². The lowest BCUT2D eigenvalue weighted by molar-refractivity contribution is -1.02. The van der Waals surface area contributed by atoms with Gasteiger partial charge >= 0.3 is 0 Å². The Morgan fingerprint density at radius 1 is 1.13 bits per heavy atom. The minimum Gasteiger partial charge on any atom is -0.497 e. The Kier molecular flexibility index (Phi) is 7.36. The van der Waals surface area contributed by atoms with Crippen molar-refractivity contribution in [3.8, 4) is 5.75 Å². The van der Waals surface area contributed by atoms with Gasteiger partial charge in [0.25, 0.3) is 5.91 Å². The number of quaternary nitrogens is 2. The van der Waals surface area contributed by atoms with Crippen molar-refractivity contribution in [3.05, 3.63) is 29.8 Å². The molecule has 5 nitrogen and oxygen atoms in total. The summed E-state index contributed by atoms with van der Waals surface area (Å²) in [7, 11) is 1.70. The van der Waals surface area contributed by atoms with Crippen molar-refractivity contribution in [2.45, 2.75) is 26.3 Å². The monoisotopic (exact) mass is 321 g/mol. The number of amides is 1. The molecule has 1 fully saturated rings. The molecule has 0 aliphatic carbocycles. The number of benzene rings is 1. The first-order chi connectivity index (χ1) is 11.2. The fraction of sp³-hybridized carbons (Fsp3) is 0.611. The van der Waals surface area contributed by atoms with Crippen molar-refractivity contribution in [1.82, 2.24) is 5.32 Å². The Morgan fingerprint density at radius 3 is 2.39 bits per heavy atom. The maximum atomic E-state index is 11.9. The van der Waals surface area contributed by atoms with Gasteiger partial charge in [-0.05, 0) is 30.7 Å². The molecule has 128 valence electrons. The molecule has 1 aromatic rings. The Morgan fingerprint density at radius 2 is 1.78 bits per heavy atom. The second kappa shape index (κ2) is 9.53. The fourth-order valence-electron chi connectivity index (χ4n) is 3.04. The number of unbranched alkanes of at least 4 members (excludes halogenated alkanes) is 1. The van der Waals surface area contributed by atoms with Crippen LogP contribution in [0.5, 0.6) is 5.75 Å². The maximum Gasteiger partial charge on any atom is 0.275 e. The molecule has 2 rings (SSSR count). The topological polar surface area (TPSA) is 47.2 Å². The van der Waals surface area contributed by atoms with Crippen LogP contribution in [0.1, 0.15) is 25.3 Å². The largest absolute Gasteiger partial charge is 0.497 e. The van der Waals surface area contributed by atoms with E-state index in [9.17, 15) is 4.79 Å². The number of nitrogens with one attached hydrogen (secondary N) is 3. The van der Waals surface area contributed by atoms with Crippen LogP contribution < -0.4 is 19.9 Å². The van der Waals surface area contributed by atoms with Gasteiger partial charge in [0.15, 0.2) is 6.54 Å². The number of carbonyl (C=O) groups excluding carboxylic acids is 1. The lowest BCUT2D eigenvalue weighted by Crippen LogP contribution is -3.28. The summed E-state index contributed by atoms with van der Waals surface area (Å²) < 4.78 is 5.20. The molecule has 1 amide bonds. The third-order valence-corrected chi connectivity index (χ3v) is 4.54. The predicted molar refractivity (Wildman–Crippen MR) is 90.9 cm³/mol. The molecule has 0 saturated carbocycles. The molecule has 0 radical (unpaired) electrons. The first kappa shape index (κ1) is 17.8. The number of methoxy groups -OCH3 is 1. The third-order valence-electron chi connectivity index (χ3n) is 4.54. The van der Waals surface area contributed by atoms with Crippen LogP contribution in [0.15, 0.2) is 24.3 Å². The molecule has 5 heteroatoms. The van der Waals surface area contributed by atoms with Crippen molar-refractivity contribution in [2.75, 3.05) is 46.4 Å². The molecule has 0 unspecified atom stereocenters. The van der Waals surface area contributed by atoms with Crippen LogP contribution in [-0.2, 0) is 11.3 Å². The van der Waals surface area contributed by atoms with E-state index in [0.29, 0.717) is 6.54 Å². The number of hydrogen-bond acceptors (Lipinski definition) is 2. The van der Waals surface area contributed by atoms with E-state index in [1.807, 2.05) is 12.1 Å². The molecule has 3 N–H and O–H groups in total. The highest BCUT2D eigenvalue weighted by Crippen LogP contribution is 2.10. The fourth-order valence-corrected chi connectivity index (χ4v) is 3.04. The van der Waals surface area contributed by atoms with E-state index in [-0.39, 0.29) is 5.91 Å². The highest BCUT2D eigenvalue weighted by molar-refractivity contribution is 5.76. The van der Waals surface area contributed by atoms with Crippen LogP contribution in [-0.4, -0.2) is 52.3 Å². The molecule has 1 saturated heterocycles. The molecular weight excluding hydrogens is 290 g/mol. The van der Waals surface area contributed by atoms with E-state index in [1.54, 1.807) is 12.0 Å². The van der Waals surface area contributed by atoms with E-state index >= 15 is 0 Å². The standard InChI is InChI=1S/C18H29N3O2/c1-3-4-9-19-18(22)15-21-12-10-20(11-13-21)14-16-5-7-17(23-2)8-6-16/h5-8H,3-4,9-15H2,1-2H3,(H,19,22)/p+2. The molecular formula is C18H31N3O2+2. The SMILES string of the molecule is CCCCNC(=O)C[NH+]1CC[NH+](Cc2ccc(OC)cc2)CC1. The molecule has 0 spiro atoms. The smallest absolute Gasteiger partial charge is 0.275 e. The summed E-state index contributed by atoms with van der Waals surface area (Å²) in [6.45, 7) is 9.05. The molecule has 0 bridgehead atoms. The lowest BCUT2D eigenvalue weighted by atomic mass is 10.2. The van der Waals surface area contributed by atoms with E-state index < -0.39 is 0 Å². The van der Waals surface area contributed by atoms with Crippen LogP contribution in [0.25, 0.3) is 0 Å². The Balaban J connectivity index is 1.67. The van der Waals surface area contributed by atoms with Crippen molar-refractivity contribution >= 4 is 5.91 Å². The number of hydrogen-bond donors (Lipinski definition) is 3. The number of ether oxygens (including phenoxy) is 1. The van der Waals surface area contributed by atoms with Gasteiger partial charge in [-0.1, -0.05) is 13.3 Å². The van der Waals surface area contributed by atoms with Gasteiger partial charge in [-0.2, -0.15) is 0 Å². The Hall–Kier alpha value is -1.59. The summed E-state index contributed by atoms with van der Waals surface area (Å²) in [4.78, 5) is 14.9. The molecule has 1 aliphatic heterocycles. The van der Waals surface area contributed by atoms with Gasteiger partial charge in [0.05, 0.1) is 7.11 Å².